The second-order valence-corrected chi connectivity index (χ2v) is 12.9. The van der Waals surface area contributed by atoms with Gasteiger partial charge < -0.3 is 24.6 Å². The van der Waals surface area contributed by atoms with Gasteiger partial charge in [0, 0.05) is 18.4 Å². The van der Waals surface area contributed by atoms with Crippen molar-refractivity contribution in [3.63, 3.8) is 0 Å². The number of aliphatic hydroxyl groups is 2. The van der Waals surface area contributed by atoms with Crippen molar-refractivity contribution in [1.29, 1.82) is 0 Å². The SMILES string of the molecule is COC(=O)N1C[C@@H](C)C[C@H]2O[C@]3(CC[C@@H]4C(=C3C)[C@@H](O)[C@H]3[C@H]4CC=C4C[C@@H](O)CC[C@@]43C)[C@H](C)[C@@H]21. The number of hydrogen-bond donors (Lipinski definition) is 2. The van der Waals surface area contributed by atoms with Gasteiger partial charge in [-0.15, -0.1) is 0 Å². The molecule has 2 N–H and O–H groups in total. The molecule has 4 aliphatic carbocycles. The predicted molar refractivity (Wildman–Crippen MR) is 133 cm³/mol. The molecule has 2 saturated carbocycles. The van der Waals surface area contributed by atoms with Gasteiger partial charge in [-0.05, 0) is 86.2 Å². The number of allylic oxidation sites excluding steroid dienone is 1. The van der Waals surface area contributed by atoms with E-state index in [1.165, 1.54) is 23.8 Å². The van der Waals surface area contributed by atoms with E-state index in [1.54, 1.807) is 0 Å². The Morgan fingerprint density at radius 1 is 1.23 bits per heavy atom. The Morgan fingerprint density at radius 2 is 2.00 bits per heavy atom. The number of hydrogen-bond acceptors (Lipinski definition) is 5. The summed E-state index contributed by atoms with van der Waals surface area (Å²) in [5, 5.41) is 22.3. The maximum absolute atomic E-state index is 12.7. The summed E-state index contributed by atoms with van der Waals surface area (Å²) in [6, 6.07) is 0.0113. The summed E-state index contributed by atoms with van der Waals surface area (Å²) < 4.78 is 12.2. The molecule has 1 spiro atoms. The number of piperidine rings is 1. The molecule has 0 aromatic carbocycles. The standard InChI is InChI=1S/C29H43NO5/c1-15-12-22-25(30(14-15)27(33)34-5)17(3)29(35-22)11-9-20-21-7-6-18-13-19(31)8-10-28(18,4)24(21)26(32)23(20)16(29)2/h6,15,17,19-22,24-26,31-32H,7-14H2,1-5H3/t15-,17+,19-,20-,21-,22+,24+,25-,26+,28-,29-/m0/s1. The van der Waals surface area contributed by atoms with E-state index in [-0.39, 0.29) is 41.6 Å². The average Bonchev–Trinajstić information content (AvgIpc) is 3.28. The molecule has 11 atom stereocenters. The van der Waals surface area contributed by atoms with E-state index in [9.17, 15) is 15.0 Å². The molecule has 0 radical (unpaired) electrons. The Balaban J connectivity index is 1.37. The number of likely N-dealkylation sites (tertiary alicyclic amines) is 1. The van der Waals surface area contributed by atoms with Crippen molar-refractivity contribution in [3.05, 3.63) is 22.8 Å². The van der Waals surface area contributed by atoms with Crippen LogP contribution >= 0.6 is 0 Å². The highest BCUT2D eigenvalue weighted by molar-refractivity contribution is 5.68. The number of amides is 1. The van der Waals surface area contributed by atoms with Crippen LogP contribution in [0.4, 0.5) is 4.79 Å². The van der Waals surface area contributed by atoms with Crippen LogP contribution in [0.5, 0.6) is 0 Å². The Hall–Kier alpha value is -1.37. The quantitative estimate of drug-likeness (QED) is 0.496. The number of rotatable bonds is 0. The minimum Gasteiger partial charge on any atom is -0.453 e. The average molecular weight is 486 g/mol. The van der Waals surface area contributed by atoms with Gasteiger partial charge in [0.25, 0.3) is 0 Å². The molecule has 2 saturated heterocycles. The van der Waals surface area contributed by atoms with Crippen molar-refractivity contribution in [1.82, 2.24) is 4.90 Å². The lowest BCUT2D eigenvalue weighted by molar-refractivity contribution is -0.0634. The van der Waals surface area contributed by atoms with Crippen molar-refractivity contribution in [3.8, 4) is 0 Å². The van der Waals surface area contributed by atoms with Crippen LogP contribution in [0.1, 0.15) is 72.6 Å². The molecule has 0 aromatic heterocycles. The Labute approximate surface area is 209 Å². The van der Waals surface area contributed by atoms with Gasteiger partial charge >= 0.3 is 6.09 Å². The third-order valence-electron chi connectivity index (χ3n) is 11.4. The number of aliphatic hydroxyl groups excluding tert-OH is 2. The van der Waals surface area contributed by atoms with E-state index in [1.807, 2.05) is 4.90 Å². The fourth-order valence-corrected chi connectivity index (χ4v) is 9.78. The topological polar surface area (TPSA) is 79.2 Å². The van der Waals surface area contributed by atoms with Gasteiger partial charge in [-0.2, -0.15) is 0 Å². The molecule has 4 fully saturated rings. The number of fused-ring (bicyclic) bond motifs is 6. The molecule has 2 aliphatic heterocycles. The van der Waals surface area contributed by atoms with Crippen LogP contribution in [0.25, 0.3) is 0 Å². The van der Waals surface area contributed by atoms with Crippen molar-refractivity contribution in [2.24, 2.45) is 35.0 Å². The summed E-state index contributed by atoms with van der Waals surface area (Å²) in [5.74, 6) is 1.59. The normalized spacial score (nSPS) is 50.9. The molecule has 0 aromatic rings. The molecule has 6 heteroatoms. The second kappa shape index (κ2) is 8.06. The molecule has 1 amide bonds. The maximum Gasteiger partial charge on any atom is 0.409 e. The molecule has 6 aliphatic rings. The lowest BCUT2D eigenvalue weighted by Gasteiger charge is -2.49. The smallest absolute Gasteiger partial charge is 0.409 e. The van der Waals surface area contributed by atoms with Gasteiger partial charge in [0.2, 0.25) is 0 Å². The first-order valence-corrected chi connectivity index (χ1v) is 13.9. The first-order chi connectivity index (χ1) is 16.6. The lowest BCUT2D eigenvalue weighted by Crippen LogP contribution is -2.54. The van der Waals surface area contributed by atoms with E-state index in [0.717, 1.165) is 44.9 Å². The molecule has 6 nitrogen and oxygen atoms in total. The minimum absolute atomic E-state index is 0.00592. The van der Waals surface area contributed by atoms with Gasteiger partial charge in [-0.1, -0.05) is 32.4 Å². The van der Waals surface area contributed by atoms with Gasteiger partial charge in [-0.25, -0.2) is 4.79 Å². The predicted octanol–water partition coefficient (Wildman–Crippen LogP) is 4.45. The van der Waals surface area contributed by atoms with Crippen molar-refractivity contribution < 1.29 is 24.5 Å². The second-order valence-electron chi connectivity index (χ2n) is 12.9. The van der Waals surface area contributed by atoms with E-state index in [2.05, 4.69) is 33.8 Å². The van der Waals surface area contributed by atoms with Crippen LogP contribution in [-0.2, 0) is 9.47 Å². The molecule has 2 heterocycles. The minimum atomic E-state index is -0.458. The van der Waals surface area contributed by atoms with E-state index < -0.39 is 11.7 Å². The van der Waals surface area contributed by atoms with Crippen LogP contribution in [-0.4, -0.2) is 64.8 Å². The molecule has 6 rings (SSSR count). The molecule has 194 valence electrons. The van der Waals surface area contributed by atoms with Gasteiger partial charge in [0.15, 0.2) is 0 Å². The highest BCUT2D eigenvalue weighted by Crippen LogP contribution is 2.65. The highest BCUT2D eigenvalue weighted by atomic mass is 16.5. The van der Waals surface area contributed by atoms with Crippen LogP contribution in [0.15, 0.2) is 22.8 Å². The number of carbonyl (C=O) groups is 1. The summed E-state index contributed by atoms with van der Waals surface area (Å²) in [6.07, 6.45) is 7.92. The number of ether oxygens (including phenoxy) is 2. The van der Waals surface area contributed by atoms with Crippen LogP contribution in [0.3, 0.4) is 0 Å². The molecular formula is C29H43NO5. The van der Waals surface area contributed by atoms with E-state index in [4.69, 9.17) is 9.47 Å². The van der Waals surface area contributed by atoms with Gasteiger partial charge in [-0.3, -0.25) is 0 Å². The van der Waals surface area contributed by atoms with Crippen molar-refractivity contribution in [2.75, 3.05) is 13.7 Å². The number of nitrogens with zero attached hydrogens (tertiary/aromatic N) is 1. The van der Waals surface area contributed by atoms with Crippen LogP contribution in [0, 0.1) is 35.0 Å². The summed E-state index contributed by atoms with van der Waals surface area (Å²) in [6.45, 7) is 9.70. The molecule has 0 bridgehead atoms. The summed E-state index contributed by atoms with van der Waals surface area (Å²) in [4.78, 5) is 14.6. The fraction of sp³-hybridized carbons (Fsp3) is 0.828. The van der Waals surface area contributed by atoms with Crippen LogP contribution in [0.2, 0.25) is 0 Å². The summed E-state index contributed by atoms with van der Waals surface area (Å²) in [7, 11) is 1.47. The monoisotopic (exact) mass is 485 g/mol. The van der Waals surface area contributed by atoms with E-state index in [0.29, 0.717) is 24.3 Å². The van der Waals surface area contributed by atoms with Gasteiger partial charge in [0.1, 0.15) is 0 Å². The Kier molecular flexibility index (Phi) is 5.53. The molecule has 0 unspecified atom stereocenters. The Morgan fingerprint density at radius 3 is 2.74 bits per heavy atom. The summed E-state index contributed by atoms with van der Waals surface area (Å²) >= 11 is 0. The van der Waals surface area contributed by atoms with Gasteiger partial charge in [0.05, 0.1) is 37.1 Å². The first kappa shape index (κ1) is 24.0. The van der Waals surface area contributed by atoms with Crippen molar-refractivity contribution in [2.45, 2.75) is 103 Å². The van der Waals surface area contributed by atoms with Crippen molar-refractivity contribution >= 4 is 6.09 Å². The Bertz CT molecular complexity index is 974. The zero-order valence-electron chi connectivity index (χ0n) is 22.0. The third kappa shape index (κ3) is 3.15. The zero-order chi connectivity index (χ0) is 24.9. The zero-order valence-corrected chi connectivity index (χ0v) is 22.0. The lowest BCUT2D eigenvalue weighted by atomic mass is 9.56. The largest absolute Gasteiger partial charge is 0.453 e. The highest BCUT2D eigenvalue weighted by Gasteiger charge is 2.64. The van der Waals surface area contributed by atoms with Crippen LogP contribution < -0.4 is 0 Å². The molecule has 35 heavy (non-hydrogen) atoms. The third-order valence-corrected chi connectivity index (χ3v) is 11.4. The van der Waals surface area contributed by atoms with E-state index >= 15 is 0 Å². The summed E-state index contributed by atoms with van der Waals surface area (Å²) in [5.41, 5.74) is 3.37. The number of carbonyl (C=O) groups excluding carboxylic acids is 1. The maximum atomic E-state index is 12.7. The molecular weight excluding hydrogens is 442 g/mol. The first-order valence-electron chi connectivity index (χ1n) is 13.9. The fourth-order valence-electron chi connectivity index (χ4n) is 9.78. The number of methoxy groups -OCH3 is 1.